The van der Waals surface area contributed by atoms with E-state index in [1.165, 1.54) is 0 Å². The van der Waals surface area contributed by atoms with Crippen LogP contribution in [0.1, 0.15) is 0 Å². The molecule has 0 radical (unpaired) electrons. The highest BCUT2D eigenvalue weighted by atomic mass is 32.2. The Kier molecular flexibility index (Phi) is 5.75. The van der Waals surface area contributed by atoms with Gasteiger partial charge in [-0.15, -0.1) is 0 Å². The van der Waals surface area contributed by atoms with Crippen LogP contribution < -0.4 is 0 Å². The summed E-state index contributed by atoms with van der Waals surface area (Å²) in [6.07, 6.45) is 0.604. The van der Waals surface area contributed by atoms with Crippen molar-refractivity contribution in [1.29, 1.82) is 5.26 Å². The van der Waals surface area contributed by atoms with Crippen molar-refractivity contribution in [2.24, 2.45) is 0 Å². The van der Waals surface area contributed by atoms with E-state index in [-0.39, 0.29) is 0 Å². The van der Waals surface area contributed by atoms with Gasteiger partial charge in [-0.1, -0.05) is 0 Å². The Morgan fingerprint density at radius 3 is 2.20 bits per heavy atom. The van der Waals surface area contributed by atoms with Crippen LogP contribution in [0.25, 0.3) is 0 Å². The number of hydrogen-bond donors (Lipinski definition) is 0. The second-order valence-corrected chi connectivity index (χ2v) is 5.11. The van der Waals surface area contributed by atoms with Crippen LogP contribution in [0.3, 0.4) is 0 Å². The van der Waals surface area contributed by atoms with Gasteiger partial charge in [0.15, 0.2) is 6.54 Å². The zero-order valence-electron chi connectivity index (χ0n) is 8.97. The summed E-state index contributed by atoms with van der Waals surface area (Å²) in [6, 6.07) is 2.19. The summed E-state index contributed by atoms with van der Waals surface area (Å²) in [6.45, 7) is 4.18. The van der Waals surface area contributed by atoms with Crippen molar-refractivity contribution in [1.82, 2.24) is 0 Å². The first-order chi connectivity index (χ1) is 6.77. The molecule has 1 saturated heterocycles. The van der Waals surface area contributed by atoms with E-state index in [0.717, 1.165) is 30.8 Å². The summed E-state index contributed by atoms with van der Waals surface area (Å²) < 4.78 is 33.3. The van der Waals surface area contributed by atoms with Gasteiger partial charge in [0.2, 0.25) is 0 Å². The van der Waals surface area contributed by atoms with E-state index in [9.17, 15) is 0 Å². The third kappa shape index (κ3) is 9.62. The van der Waals surface area contributed by atoms with Gasteiger partial charge in [-0.05, 0) is 0 Å². The van der Waals surface area contributed by atoms with Gasteiger partial charge < -0.3 is 13.8 Å². The van der Waals surface area contributed by atoms with Crippen molar-refractivity contribution in [3.63, 3.8) is 0 Å². The first-order valence-corrected chi connectivity index (χ1v) is 6.28. The molecule has 0 bridgehead atoms. The monoisotopic (exact) mass is 236 g/mol. The number of quaternary nitrogens is 1. The lowest BCUT2D eigenvalue weighted by atomic mass is 10.3. The SMILES string of the molecule is CS(=O)(=O)[O-].C[N+]1(CC#N)CCOCC1. The number of morpholine rings is 1. The zero-order chi connectivity index (χ0) is 11.9. The highest BCUT2D eigenvalue weighted by molar-refractivity contribution is 7.84. The third-order valence-electron chi connectivity index (χ3n) is 2.00. The molecule has 1 fully saturated rings. The van der Waals surface area contributed by atoms with Gasteiger partial charge in [-0.25, -0.2) is 8.42 Å². The van der Waals surface area contributed by atoms with Crippen LogP contribution in [0.5, 0.6) is 0 Å². The Hall–Kier alpha value is -0.680. The van der Waals surface area contributed by atoms with Crippen LogP contribution in [-0.2, 0) is 14.9 Å². The Labute approximate surface area is 90.4 Å². The van der Waals surface area contributed by atoms with E-state index in [1.54, 1.807) is 0 Å². The minimum Gasteiger partial charge on any atom is -0.748 e. The number of hydrogen-bond acceptors (Lipinski definition) is 5. The van der Waals surface area contributed by atoms with Crippen LogP contribution in [-0.4, -0.2) is 63.6 Å². The maximum Gasteiger partial charge on any atom is 0.166 e. The molecule has 1 heterocycles. The second-order valence-electron chi connectivity index (χ2n) is 3.70. The third-order valence-corrected chi connectivity index (χ3v) is 2.00. The lowest BCUT2D eigenvalue weighted by Gasteiger charge is -2.35. The molecule has 1 rings (SSSR count). The Morgan fingerprint density at radius 1 is 1.47 bits per heavy atom. The Bertz CT molecular complexity index is 306. The molecule has 15 heavy (non-hydrogen) atoms. The molecule has 0 unspecified atom stereocenters. The average molecular weight is 236 g/mol. The van der Waals surface area contributed by atoms with Crippen molar-refractivity contribution in [3.8, 4) is 6.07 Å². The minimum absolute atomic E-state index is 0.604. The van der Waals surface area contributed by atoms with Gasteiger partial charge in [-0.3, -0.25) is 0 Å². The normalized spacial score (nSPS) is 19.6. The van der Waals surface area contributed by atoms with E-state index in [1.807, 2.05) is 0 Å². The number of nitriles is 1. The molecule has 0 aromatic rings. The van der Waals surface area contributed by atoms with Crippen LogP contribution in [0, 0.1) is 11.3 Å². The Balaban J connectivity index is 0.000000336. The van der Waals surface area contributed by atoms with Crippen LogP contribution in [0.15, 0.2) is 0 Å². The number of rotatable bonds is 1. The Morgan fingerprint density at radius 2 is 1.87 bits per heavy atom. The molecule has 0 saturated carbocycles. The molecule has 0 aliphatic carbocycles. The first-order valence-electron chi connectivity index (χ1n) is 4.46. The van der Waals surface area contributed by atoms with Crippen LogP contribution in [0.4, 0.5) is 0 Å². The number of likely N-dealkylation sites (N-methyl/N-ethyl adjacent to an activating group) is 1. The summed E-state index contributed by atoms with van der Waals surface area (Å²) in [5.41, 5.74) is 0. The largest absolute Gasteiger partial charge is 0.748 e. The van der Waals surface area contributed by atoms with Crippen LogP contribution >= 0.6 is 0 Å². The van der Waals surface area contributed by atoms with Crippen LogP contribution in [0.2, 0.25) is 0 Å². The molecule has 7 heteroatoms. The second kappa shape index (κ2) is 6.02. The summed E-state index contributed by atoms with van der Waals surface area (Å²) in [7, 11) is -1.81. The summed E-state index contributed by atoms with van der Waals surface area (Å²) in [5, 5.41) is 8.48. The molecule has 88 valence electrons. The molecule has 0 aromatic carbocycles. The lowest BCUT2D eigenvalue weighted by Crippen LogP contribution is -2.51. The van der Waals surface area contributed by atoms with E-state index >= 15 is 0 Å². The highest BCUT2D eigenvalue weighted by Gasteiger charge is 2.24. The summed E-state index contributed by atoms with van der Waals surface area (Å²) >= 11 is 0. The van der Waals surface area contributed by atoms with E-state index in [2.05, 4.69) is 13.1 Å². The maximum absolute atomic E-state index is 9.08. The minimum atomic E-state index is -3.92. The number of nitrogens with zero attached hydrogens (tertiary/aromatic N) is 2. The predicted molar refractivity (Wildman–Crippen MR) is 52.8 cm³/mol. The first kappa shape index (κ1) is 14.3. The molecule has 0 N–H and O–H groups in total. The van der Waals surface area contributed by atoms with E-state index in [0.29, 0.717) is 12.8 Å². The van der Waals surface area contributed by atoms with E-state index < -0.39 is 10.1 Å². The van der Waals surface area contributed by atoms with Gasteiger partial charge in [0.1, 0.15) is 19.2 Å². The fraction of sp³-hybridized carbons (Fsp3) is 0.875. The maximum atomic E-state index is 9.08. The summed E-state index contributed by atoms with van der Waals surface area (Å²) in [5.74, 6) is 0. The van der Waals surface area contributed by atoms with Gasteiger partial charge in [-0.2, -0.15) is 5.26 Å². The lowest BCUT2D eigenvalue weighted by molar-refractivity contribution is -0.910. The molecule has 6 nitrogen and oxygen atoms in total. The molecule has 1 aliphatic rings. The smallest absolute Gasteiger partial charge is 0.166 e. The average Bonchev–Trinajstić information content (AvgIpc) is 2.02. The van der Waals surface area contributed by atoms with Crippen molar-refractivity contribution < 1.29 is 22.2 Å². The molecular formula is C8H16N2O4S. The van der Waals surface area contributed by atoms with Gasteiger partial charge in [0.05, 0.1) is 30.4 Å². The molecule has 0 atom stereocenters. The van der Waals surface area contributed by atoms with Crippen molar-refractivity contribution in [2.45, 2.75) is 0 Å². The molecule has 0 amide bonds. The molecule has 0 aromatic heterocycles. The summed E-state index contributed by atoms with van der Waals surface area (Å²) in [4.78, 5) is 0. The fourth-order valence-electron chi connectivity index (χ4n) is 1.11. The van der Waals surface area contributed by atoms with Gasteiger partial charge in [0, 0.05) is 6.26 Å². The number of ether oxygens (including phenoxy) is 1. The molecular weight excluding hydrogens is 220 g/mol. The predicted octanol–water partition coefficient (Wildman–Crippen LogP) is -0.852. The van der Waals surface area contributed by atoms with Crippen molar-refractivity contribution in [2.75, 3.05) is 46.2 Å². The highest BCUT2D eigenvalue weighted by Crippen LogP contribution is 2.05. The van der Waals surface area contributed by atoms with Gasteiger partial charge in [0.25, 0.3) is 0 Å². The van der Waals surface area contributed by atoms with E-state index in [4.69, 9.17) is 23.0 Å². The zero-order valence-corrected chi connectivity index (χ0v) is 9.79. The quantitative estimate of drug-likeness (QED) is 0.336. The fourth-order valence-corrected chi connectivity index (χ4v) is 1.11. The topological polar surface area (TPSA) is 90.2 Å². The standard InChI is InChI=1S/C7H13N2O.CH4O3S/c1-9(3-2-8)4-6-10-7-5-9;1-5(2,3)4/h3-7H2,1H3;1H3,(H,2,3,4)/q+1;/p-1. The van der Waals surface area contributed by atoms with Crippen molar-refractivity contribution in [3.05, 3.63) is 0 Å². The molecule has 0 spiro atoms. The molecule has 1 aliphatic heterocycles. The van der Waals surface area contributed by atoms with Crippen molar-refractivity contribution >= 4 is 10.1 Å². The van der Waals surface area contributed by atoms with Gasteiger partial charge >= 0.3 is 0 Å².